The summed E-state index contributed by atoms with van der Waals surface area (Å²) in [5, 5.41) is 2.21. The van der Waals surface area contributed by atoms with Crippen molar-refractivity contribution in [1.82, 2.24) is 9.97 Å². The maximum atomic E-state index is 6.23. The van der Waals surface area contributed by atoms with Gasteiger partial charge in [0.05, 0.1) is 11.4 Å². The van der Waals surface area contributed by atoms with E-state index >= 15 is 0 Å². The van der Waals surface area contributed by atoms with Gasteiger partial charge in [-0.1, -0.05) is 176 Å². The van der Waals surface area contributed by atoms with Gasteiger partial charge in [-0.05, 0) is 117 Å². The molecule has 1 atom stereocenters. The van der Waals surface area contributed by atoms with Crippen molar-refractivity contribution in [3.63, 3.8) is 0 Å². The van der Waals surface area contributed by atoms with Crippen molar-refractivity contribution in [2.45, 2.75) is 12.3 Å². The van der Waals surface area contributed by atoms with Crippen LogP contribution in [0.3, 0.4) is 0 Å². The van der Waals surface area contributed by atoms with E-state index in [9.17, 15) is 0 Å². The summed E-state index contributed by atoms with van der Waals surface area (Å²) in [6, 6.07) is 80.1. The largest absolute Gasteiger partial charge is 0.456 e. The fourth-order valence-corrected chi connectivity index (χ4v) is 9.87. The molecule has 11 aromatic rings. The van der Waals surface area contributed by atoms with E-state index in [4.69, 9.17) is 14.4 Å². The number of hydrogen-bond donors (Lipinski definition) is 0. The summed E-state index contributed by atoms with van der Waals surface area (Å²) in [5.41, 5.74) is 19.5. The van der Waals surface area contributed by atoms with Crippen molar-refractivity contribution in [3.8, 4) is 78.4 Å². The van der Waals surface area contributed by atoms with Gasteiger partial charge in [0.15, 0.2) is 5.82 Å². The van der Waals surface area contributed by atoms with Gasteiger partial charge in [0, 0.05) is 32.9 Å². The molecule has 0 bridgehead atoms. The standard InChI is InChI=1S/C60H40N2O/c1-60(47-23-9-4-10-24-47)53-29-13-11-25-49(53)51-28-16-27-48(58(51)60)42-21-15-22-43(33-42)54-38-55(62-59(61-54)40-19-7-3-8-20-40)46-35-44(39-17-5-2-6-18-39)34-45(36-46)41-31-32-57-52(37-41)50-26-12-14-30-56(50)63-57/h2-38H,1H3. The number of benzene rings is 9. The highest BCUT2D eigenvalue weighted by atomic mass is 16.3. The molecule has 0 radical (unpaired) electrons. The highest BCUT2D eigenvalue weighted by molar-refractivity contribution is 6.06. The minimum atomic E-state index is -0.334. The fraction of sp³-hybridized carbons (Fsp3) is 0.0333. The van der Waals surface area contributed by atoms with E-state index in [1.54, 1.807) is 0 Å². The molecular weight excluding hydrogens is 765 g/mol. The zero-order chi connectivity index (χ0) is 41.9. The van der Waals surface area contributed by atoms with Crippen molar-refractivity contribution in [2.24, 2.45) is 0 Å². The van der Waals surface area contributed by atoms with Crippen LogP contribution in [-0.4, -0.2) is 9.97 Å². The van der Waals surface area contributed by atoms with E-state index in [2.05, 4.69) is 201 Å². The lowest BCUT2D eigenvalue weighted by atomic mass is 9.72. The van der Waals surface area contributed by atoms with Crippen LogP contribution in [0.1, 0.15) is 23.6 Å². The van der Waals surface area contributed by atoms with E-state index in [1.165, 1.54) is 33.4 Å². The molecule has 0 fully saturated rings. The molecule has 1 aliphatic carbocycles. The second-order valence-corrected chi connectivity index (χ2v) is 16.6. The summed E-state index contributed by atoms with van der Waals surface area (Å²) in [6.07, 6.45) is 0. The van der Waals surface area contributed by atoms with E-state index in [-0.39, 0.29) is 5.41 Å². The maximum Gasteiger partial charge on any atom is 0.160 e. The van der Waals surface area contributed by atoms with Gasteiger partial charge in [-0.25, -0.2) is 9.97 Å². The first-order chi connectivity index (χ1) is 31.1. The van der Waals surface area contributed by atoms with Gasteiger partial charge in [0.2, 0.25) is 0 Å². The van der Waals surface area contributed by atoms with Crippen LogP contribution < -0.4 is 0 Å². The summed E-state index contributed by atoms with van der Waals surface area (Å²) in [5.74, 6) is 0.680. The van der Waals surface area contributed by atoms with Gasteiger partial charge in [0.25, 0.3) is 0 Å². The molecule has 0 saturated carbocycles. The van der Waals surface area contributed by atoms with Gasteiger partial charge < -0.3 is 4.42 Å². The summed E-state index contributed by atoms with van der Waals surface area (Å²) >= 11 is 0. The molecule has 0 spiro atoms. The second kappa shape index (κ2) is 14.8. The Labute approximate surface area is 366 Å². The topological polar surface area (TPSA) is 38.9 Å². The second-order valence-electron chi connectivity index (χ2n) is 16.6. The molecule has 0 saturated heterocycles. The first-order valence-electron chi connectivity index (χ1n) is 21.6. The Bertz CT molecular complexity index is 3520. The zero-order valence-corrected chi connectivity index (χ0v) is 34.7. The Balaban J connectivity index is 1.03. The molecule has 1 aliphatic rings. The number of furan rings is 1. The smallest absolute Gasteiger partial charge is 0.160 e. The molecule has 296 valence electrons. The van der Waals surface area contributed by atoms with Crippen LogP contribution in [0.2, 0.25) is 0 Å². The van der Waals surface area contributed by atoms with Crippen molar-refractivity contribution >= 4 is 21.9 Å². The molecule has 9 aromatic carbocycles. The molecule has 0 N–H and O–H groups in total. The Morgan fingerprint density at radius 3 is 1.71 bits per heavy atom. The number of hydrogen-bond acceptors (Lipinski definition) is 3. The van der Waals surface area contributed by atoms with Crippen LogP contribution >= 0.6 is 0 Å². The summed E-state index contributed by atoms with van der Waals surface area (Å²) in [6.45, 7) is 2.39. The number of nitrogens with zero attached hydrogens (tertiary/aromatic N) is 2. The van der Waals surface area contributed by atoms with Crippen LogP contribution in [0.5, 0.6) is 0 Å². The van der Waals surface area contributed by atoms with E-state index in [0.29, 0.717) is 5.82 Å². The highest BCUT2D eigenvalue weighted by Gasteiger charge is 2.42. The fourth-order valence-electron chi connectivity index (χ4n) is 9.87. The number of fused-ring (bicyclic) bond motifs is 6. The average molecular weight is 805 g/mol. The van der Waals surface area contributed by atoms with Gasteiger partial charge in [-0.3, -0.25) is 0 Å². The van der Waals surface area contributed by atoms with Crippen LogP contribution in [0.25, 0.3) is 100 Å². The van der Waals surface area contributed by atoms with Crippen molar-refractivity contribution in [2.75, 3.05) is 0 Å². The summed E-state index contributed by atoms with van der Waals surface area (Å²) in [4.78, 5) is 10.6. The lowest BCUT2D eigenvalue weighted by Crippen LogP contribution is -2.23. The highest BCUT2D eigenvalue weighted by Crippen LogP contribution is 2.55. The molecule has 2 heterocycles. The lowest BCUT2D eigenvalue weighted by molar-refractivity contribution is 0.669. The average Bonchev–Trinajstić information content (AvgIpc) is 3.87. The van der Waals surface area contributed by atoms with Crippen LogP contribution in [0.4, 0.5) is 0 Å². The van der Waals surface area contributed by atoms with Crippen molar-refractivity contribution in [1.29, 1.82) is 0 Å². The molecule has 63 heavy (non-hydrogen) atoms. The third-order valence-electron chi connectivity index (χ3n) is 12.9. The van der Waals surface area contributed by atoms with Crippen molar-refractivity contribution < 1.29 is 4.42 Å². The number of aromatic nitrogens is 2. The Hall–Kier alpha value is -8.14. The van der Waals surface area contributed by atoms with E-state index in [0.717, 1.165) is 77.8 Å². The van der Waals surface area contributed by atoms with E-state index < -0.39 is 0 Å². The summed E-state index contributed by atoms with van der Waals surface area (Å²) in [7, 11) is 0. The Morgan fingerprint density at radius 2 is 0.905 bits per heavy atom. The zero-order valence-electron chi connectivity index (χ0n) is 34.7. The van der Waals surface area contributed by atoms with E-state index in [1.807, 2.05) is 30.3 Å². The molecule has 0 aliphatic heterocycles. The van der Waals surface area contributed by atoms with Crippen LogP contribution in [-0.2, 0) is 5.41 Å². The van der Waals surface area contributed by atoms with Gasteiger partial charge >= 0.3 is 0 Å². The predicted molar refractivity (Wildman–Crippen MR) is 259 cm³/mol. The normalized spacial score (nSPS) is 14.2. The lowest BCUT2D eigenvalue weighted by Gasteiger charge is -2.30. The quantitative estimate of drug-likeness (QED) is 0.161. The monoisotopic (exact) mass is 804 g/mol. The molecule has 0 amide bonds. The minimum absolute atomic E-state index is 0.334. The molecule has 3 heteroatoms. The molecule has 1 unspecified atom stereocenters. The SMILES string of the molecule is CC1(c2ccccc2)c2ccccc2-c2cccc(-c3cccc(-c4cc(-c5cc(-c6ccccc6)cc(-c6ccc7oc8ccccc8c7c6)c5)nc(-c5ccccc5)n4)c3)c21. The summed E-state index contributed by atoms with van der Waals surface area (Å²) < 4.78 is 6.23. The molecular formula is C60H40N2O. The third-order valence-corrected chi connectivity index (χ3v) is 12.9. The van der Waals surface area contributed by atoms with Gasteiger partial charge in [-0.2, -0.15) is 0 Å². The Kier molecular flexibility index (Phi) is 8.62. The van der Waals surface area contributed by atoms with Crippen LogP contribution in [0.15, 0.2) is 229 Å². The first-order valence-corrected chi connectivity index (χ1v) is 21.6. The molecule has 3 nitrogen and oxygen atoms in total. The maximum absolute atomic E-state index is 6.23. The Morgan fingerprint density at radius 1 is 0.349 bits per heavy atom. The predicted octanol–water partition coefficient (Wildman–Crippen LogP) is 15.7. The first kappa shape index (κ1) is 36.7. The molecule has 12 rings (SSSR count). The molecule has 2 aromatic heterocycles. The third kappa shape index (κ3) is 6.20. The van der Waals surface area contributed by atoms with Crippen LogP contribution in [0, 0.1) is 0 Å². The minimum Gasteiger partial charge on any atom is -0.456 e. The van der Waals surface area contributed by atoms with Gasteiger partial charge in [0.1, 0.15) is 11.2 Å². The number of rotatable bonds is 7. The van der Waals surface area contributed by atoms with Crippen molar-refractivity contribution in [3.05, 3.63) is 241 Å². The number of para-hydroxylation sites is 1. The van der Waals surface area contributed by atoms with Gasteiger partial charge in [-0.15, -0.1) is 0 Å².